The van der Waals surface area contributed by atoms with E-state index >= 15 is 0 Å². The zero-order valence-electron chi connectivity index (χ0n) is 16.9. The van der Waals surface area contributed by atoms with Gasteiger partial charge in [-0.25, -0.2) is 4.39 Å². The van der Waals surface area contributed by atoms with Crippen molar-refractivity contribution >= 4 is 17.7 Å². The molecule has 2 heterocycles. The molecule has 6 atom stereocenters. The van der Waals surface area contributed by atoms with Gasteiger partial charge in [-0.2, -0.15) is 0 Å². The van der Waals surface area contributed by atoms with Gasteiger partial charge in [-0.3, -0.25) is 14.4 Å². The number of rotatable bonds is 4. The van der Waals surface area contributed by atoms with Gasteiger partial charge in [-0.1, -0.05) is 6.42 Å². The number of aliphatic hydroxyl groups is 1. The molecule has 8 heteroatoms. The van der Waals surface area contributed by atoms with Gasteiger partial charge in [0, 0.05) is 38.0 Å². The third kappa shape index (κ3) is 4.13. The highest BCUT2D eigenvalue weighted by atomic mass is 19.1. The molecule has 0 spiro atoms. The van der Waals surface area contributed by atoms with Gasteiger partial charge in [0.1, 0.15) is 6.17 Å². The highest BCUT2D eigenvalue weighted by molar-refractivity contribution is 6.09. The minimum atomic E-state index is -2.01. The number of fused-ring (bicyclic) bond motifs is 1. The number of amides is 3. The van der Waals surface area contributed by atoms with Gasteiger partial charge in [-0.05, 0) is 56.8 Å². The summed E-state index contributed by atoms with van der Waals surface area (Å²) in [5.74, 6) is -0.641. The molecule has 4 aliphatic rings. The van der Waals surface area contributed by atoms with Gasteiger partial charge in [0.2, 0.25) is 11.5 Å². The summed E-state index contributed by atoms with van der Waals surface area (Å²) >= 11 is 0. The van der Waals surface area contributed by atoms with Crippen LogP contribution >= 0.6 is 0 Å². The lowest BCUT2D eigenvalue weighted by molar-refractivity contribution is -0.156. The summed E-state index contributed by atoms with van der Waals surface area (Å²) in [6.07, 6.45) is 5.69. The molecule has 7 nitrogen and oxygen atoms in total. The normalized spacial score (nSPS) is 40.3. The molecule has 6 unspecified atom stereocenters. The van der Waals surface area contributed by atoms with E-state index in [0.717, 1.165) is 38.5 Å². The van der Waals surface area contributed by atoms with Crippen LogP contribution in [0.25, 0.3) is 0 Å². The molecule has 0 bridgehead atoms. The number of likely N-dealkylation sites (tertiary alicyclic amines) is 1. The van der Waals surface area contributed by atoms with Crippen LogP contribution in [-0.2, 0) is 14.4 Å². The molecular weight excluding hydrogens is 377 g/mol. The Hall–Kier alpha value is -1.70. The second-order valence-electron chi connectivity index (χ2n) is 9.39. The van der Waals surface area contributed by atoms with Crippen LogP contribution in [0.5, 0.6) is 0 Å². The van der Waals surface area contributed by atoms with E-state index in [0.29, 0.717) is 38.3 Å². The summed E-state index contributed by atoms with van der Waals surface area (Å²) in [4.78, 5) is 38.9. The maximum absolute atomic E-state index is 13.5. The van der Waals surface area contributed by atoms with E-state index in [1.165, 1.54) is 0 Å². The number of halogens is 1. The molecular formula is C21H32FN3O4. The van der Waals surface area contributed by atoms with Crippen molar-refractivity contribution in [2.45, 2.75) is 88.1 Å². The third-order valence-electron chi connectivity index (χ3n) is 7.46. The quantitative estimate of drug-likeness (QED) is 0.604. The fourth-order valence-electron chi connectivity index (χ4n) is 5.71. The van der Waals surface area contributed by atoms with Crippen LogP contribution in [0.1, 0.15) is 64.2 Å². The van der Waals surface area contributed by atoms with Crippen LogP contribution in [-0.4, -0.2) is 64.7 Å². The summed E-state index contributed by atoms with van der Waals surface area (Å²) in [5.41, 5.74) is -2.01. The van der Waals surface area contributed by atoms with Gasteiger partial charge in [0.05, 0.1) is 0 Å². The largest absolute Gasteiger partial charge is 0.372 e. The Morgan fingerprint density at radius 3 is 2.83 bits per heavy atom. The molecule has 2 saturated carbocycles. The number of nitrogens with one attached hydrogen (secondary N) is 2. The predicted molar refractivity (Wildman–Crippen MR) is 103 cm³/mol. The lowest BCUT2D eigenvalue weighted by atomic mass is 9.76. The van der Waals surface area contributed by atoms with Crippen molar-refractivity contribution in [3.63, 3.8) is 0 Å². The monoisotopic (exact) mass is 409 g/mol. The molecule has 2 aliphatic heterocycles. The average Bonchev–Trinajstić information content (AvgIpc) is 3.02. The number of carbonyl (C=O) groups is 3. The van der Waals surface area contributed by atoms with Crippen molar-refractivity contribution in [3.8, 4) is 0 Å². The van der Waals surface area contributed by atoms with E-state index in [1.807, 2.05) is 0 Å². The Bertz CT molecular complexity index is 674. The minimum absolute atomic E-state index is 0.00576. The zero-order chi connectivity index (χ0) is 20.6. The summed E-state index contributed by atoms with van der Waals surface area (Å²) in [6.45, 7) is 0.675. The van der Waals surface area contributed by atoms with Crippen LogP contribution in [0.15, 0.2) is 0 Å². The lowest BCUT2D eigenvalue weighted by Crippen LogP contribution is -2.56. The first-order chi connectivity index (χ1) is 13.9. The Labute approximate surface area is 170 Å². The van der Waals surface area contributed by atoms with Crippen molar-refractivity contribution in [2.24, 2.45) is 11.8 Å². The molecule has 0 aromatic heterocycles. The Morgan fingerprint density at radius 2 is 2.03 bits per heavy atom. The minimum Gasteiger partial charge on any atom is -0.372 e. The van der Waals surface area contributed by atoms with Gasteiger partial charge < -0.3 is 20.6 Å². The fraction of sp³-hybridized carbons (Fsp3) is 0.857. The van der Waals surface area contributed by atoms with Crippen molar-refractivity contribution in [2.75, 3.05) is 13.1 Å². The van der Waals surface area contributed by atoms with Gasteiger partial charge in [0.25, 0.3) is 11.8 Å². The SMILES string of the molecule is O=C1CCC2CC(N3CCC(O)(C(=O)NCC4CCCC(F)C4)C3=O)CCC2N1. The van der Waals surface area contributed by atoms with Gasteiger partial charge in [0.15, 0.2) is 0 Å². The van der Waals surface area contributed by atoms with Gasteiger partial charge in [-0.15, -0.1) is 0 Å². The molecule has 2 aliphatic carbocycles. The van der Waals surface area contributed by atoms with Crippen LogP contribution in [0.4, 0.5) is 4.39 Å². The molecule has 162 valence electrons. The first-order valence-corrected chi connectivity index (χ1v) is 11.1. The van der Waals surface area contributed by atoms with Crippen molar-refractivity contribution in [1.29, 1.82) is 0 Å². The molecule has 2 saturated heterocycles. The molecule has 4 rings (SSSR count). The second-order valence-corrected chi connectivity index (χ2v) is 9.39. The number of carbonyl (C=O) groups excluding carboxylic acids is 3. The molecule has 0 aromatic carbocycles. The third-order valence-corrected chi connectivity index (χ3v) is 7.46. The van der Waals surface area contributed by atoms with E-state index in [1.54, 1.807) is 4.90 Å². The molecule has 0 aromatic rings. The average molecular weight is 410 g/mol. The highest BCUT2D eigenvalue weighted by Crippen LogP contribution is 2.37. The molecule has 29 heavy (non-hydrogen) atoms. The Kier molecular flexibility index (Phi) is 5.82. The maximum Gasteiger partial charge on any atom is 0.264 e. The Balaban J connectivity index is 1.32. The molecule has 0 radical (unpaired) electrons. The maximum atomic E-state index is 13.5. The van der Waals surface area contributed by atoms with E-state index in [2.05, 4.69) is 10.6 Å². The van der Waals surface area contributed by atoms with E-state index in [9.17, 15) is 23.9 Å². The zero-order valence-corrected chi connectivity index (χ0v) is 16.9. The highest BCUT2D eigenvalue weighted by Gasteiger charge is 2.53. The summed E-state index contributed by atoms with van der Waals surface area (Å²) in [5, 5.41) is 16.6. The van der Waals surface area contributed by atoms with Crippen molar-refractivity contribution in [1.82, 2.24) is 15.5 Å². The number of hydrogen-bond acceptors (Lipinski definition) is 4. The number of hydrogen-bond donors (Lipinski definition) is 3. The van der Waals surface area contributed by atoms with E-state index < -0.39 is 23.6 Å². The van der Waals surface area contributed by atoms with E-state index in [-0.39, 0.29) is 30.3 Å². The number of nitrogens with zero attached hydrogens (tertiary/aromatic N) is 1. The summed E-state index contributed by atoms with van der Waals surface area (Å²) in [7, 11) is 0. The Morgan fingerprint density at radius 1 is 1.21 bits per heavy atom. The van der Waals surface area contributed by atoms with Crippen LogP contribution in [0.3, 0.4) is 0 Å². The first kappa shape index (κ1) is 20.6. The van der Waals surface area contributed by atoms with Crippen LogP contribution in [0, 0.1) is 11.8 Å². The topological polar surface area (TPSA) is 98.7 Å². The van der Waals surface area contributed by atoms with E-state index in [4.69, 9.17) is 0 Å². The predicted octanol–water partition coefficient (Wildman–Crippen LogP) is 1.04. The fourth-order valence-corrected chi connectivity index (χ4v) is 5.71. The molecule has 3 N–H and O–H groups in total. The van der Waals surface area contributed by atoms with Crippen LogP contribution < -0.4 is 10.6 Å². The number of alkyl halides is 1. The lowest BCUT2D eigenvalue weighted by Gasteiger charge is -2.42. The van der Waals surface area contributed by atoms with Crippen LogP contribution in [0.2, 0.25) is 0 Å². The van der Waals surface area contributed by atoms with Gasteiger partial charge >= 0.3 is 0 Å². The smallest absolute Gasteiger partial charge is 0.264 e. The van der Waals surface area contributed by atoms with Crippen molar-refractivity contribution in [3.05, 3.63) is 0 Å². The molecule has 3 amide bonds. The molecule has 4 fully saturated rings. The van der Waals surface area contributed by atoms with Crippen molar-refractivity contribution < 1.29 is 23.9 Å². The second kappa shape index (κ2) is 8.20. The number of piperidine rings is 1. The first-order valence-electron chi connectivity index (χ1n) is 11.1. The standard InChI is InChI=1S/C21H32FN3O4/c22-15-3-1-2-13(10-15)12-23-19(27)21(29)8-9-25(20(21)28)16-5-6-17-14(11-16)4-7-18(26)24-17/h13-17,29H,1-12H2,(H,23,27)(H,24,26). The summed E-state index contributed by atoms with van der Waals surface area (Å²) in [6, 6.07) is 0.188. The summed E-state index contributed by atoms with van der Waals surface area (Å²) < 4.78 is 13.5.